The number of aryl methyl sites for hydroxylation is 1. The number of amides is 1. The third-order valence-corrected chi connectivity index (χ3v) is 6.20. The summed E-state index contributed by atoms with van der Waals surface area (Å²) >= 11 is 8.70. The van der Waals surface area contributed by atoms with E-state index in [1.807, 2.05) is 36.8 Å². The van der Waals surface area contributed by atoms with Gasteiger partial charge >= 0.3 is 6.18 Å². The molecule has 1 aromatic carbocycles. The number of carbonyl (C=O) groups is 1. The predicted molar refractivity (Wildman–Crippen MR) is 114 cm³/mol. The summed E-state index contributed by atoms with van der Waals surface area (Å²) in [5.74, 6) is 0.158. The smallest absolute Gasteiger partial charge is 0.324 e. The summed E-state index contributed by atoms with van der Waals surface area (Å²) in [6.45, 7) is 5.97. The minimum Gasteiger partial charge on any atom is -0.324 e. The Labute approximate surface area is 184 Å². The van der Waals surface area contributed by atoms with Gasteiger partial charge in [0, 0.05) is 21.9 Å². The highest BCUT2D eigenvalue weighted by atomic mass is 35.5. The highest BCUT2D eigenvalue weighted by molar-refractivity contribution is 7.99. The van der Waals surface area contributed by atoms with Crippen molar-refractivity contribution < 1.29 is 18.0 Å². The number of rotatable bonds is 6. The van der Waals surface area contributed by atoms with E-state index in [1.54, 1.807) is 11.3 Å². The van der Waals surface area contributed by atoms with Crippen molar-refractivity contribution in [3.63, 3.8) is 0 Å². The lowest BCUT2D eigenvalue weighted by Crippen LogP contribution is -2.16. The molecule has 0 fully saturated rings. The molecule has 30 heavy (non-hydrogen) atoms. The van der Waals surface area contributed by atoms with Crippen molar-refractivity contribution >= 4 is 46.3 Å². The van der Waals surface area contributed by atoms with E-state index < -0.39 is 17.6 Å². The lowest BCUT2D eigenvalue weighted by Gasteiger charge is -2.14. The molecule has 0 aliphatic rings. The molecule has 0 aliphatic carbocycles. The molecule has 2 aromatic heterocycles. The number of thioether (sulfide) groups is 1. The molecular weight excluding hydrogens is 457 g/mol. The minimum absolute atomic E-state index is 0.0295. The highest BCUT2D eigenvalue weighted by Gasteiger charge is 2.31. The second-order valence-electron chi connectivity index (χ2n) is 6.75. The van der Waals surface area contributed by atoms with Gasteiger partial charge in [-0.1, -0.05) is 23.4 Å². The molecule has 0 unspecified atom stereocenters. The molecule has 5 nitrogen and oxygen atoms in total. The first-order valence-corrected chi connectivity index (χ1v) is 11.1. The SMILES string of the molecule is Cc1cc(-c2nnc(SCC(=O)Nc3cc(C(F)(F)F)ccc3Cl)n2C(C)C)cs1. The van der Waals surface area contributed by atoms with Crippen molar-refractivity contribution in [1.82, 2.24) is 14.8 Å². The number of alkyl halides is 3. The summed E-state index contributed by atoms with van der Waals surface area (Å²) in [5.41, 5.74) is -0.0206. The molecule has 0 aliphatic heterocycles. The van der Waals surface area contributed by atoms with Gasteiger partial charge in [-0.15, -0.1) is 21.5 Å². The van der Waals surface area contributed by atoms with Gasteiger partial charge < -0.3 is 5.32 Å². The van der Waals surface area contributed by atoms with Crippen molar-refractivity contribution in [2.24, 2.45) is 0 Å². The molecule has 2 heterocycles. The summed E-state index contributed by atoms with van der Waals surface area (Å²) < 4.78 is 40.6. The van der Waals surface area contributed by atoms with Crippen LogP contribution in [0.2, 0.25) is 5.02 Å². The monoisotopic (exact) mass is 474 g/mol. The van der Waals surface area contributed by atoms with Crippen molar-refractivity contribution in [2.75, 3.05) is 11.1 Å². The first kappa shape index (κ1) is 22.6. The van der Waals surface area contributed by atoms with Gasteiger partial charge in [0.1, 0.15) is 0 Å². The van der Waals surface area contributed by atoms with Gasteiger partial charge in [-0.2, -0.15) is 13.2 Å². The Balaban J connectivity index is 1.73. The largest absolute Gasteiger partial charge is 0.416 e. The maximum absolute atomic E-state index is 12.9. The van der Waals surface area contributed by atoms with Crippen molar-refractivity contribution in [2.45, 2.75) is 38.1 Å². The molecular formula is C19H18ClF3N4OS2. The fraction of sp³-hybridized carbons (Fsp3) is 0.316. The molecule has 0 radical (unpaired) electrons. The summed E-state index contributed by atoms with van der Waals surface area (Å²) in [4.78, 5) is 13.5. The van der Waals surface area contributed by atoms with E-state index in [-0.39, 0.29) is 22.5 Å². The van der Waals surface area contributed by atoms with Crippen molar-refractivity contribution in [3.8, 4) is 11.4 Å². The van der Waals surface area contributed by atoms with Crippen LogP contribution in [0.3, 0.4) is 0 Å². The fourth-order valence-corrected chi connectivity index (χ4v) is 4.43. The van der Waals surface area contributed by atoms with Crippen LogP contribution in [0.4, 0.5) is 18.9 Å². The third kappa shape index (κ3) is 5.16. The second kappa shape index (κ2) is 8.99. The minimum atomic E-state index is -4.52. The number of anilines is 1. The predicted octanol–water partition coefficient (Wildman–Crippen LogP) is 6.30. The first-order chi connectivity index (χ1) is 14.1. The van der Waals surface area contributed by atoms with E-state index in [2.05, 4.69) is 15.5 Å². The van der Waals surface area contributed by atoms with E-state index in [0.29, 0.717) is 11.0 Å². The number of nitrogens with zero attached hydrogens (tertiary/aromatic N) is 3. The average molecular weight is 475 g/mol. The van der Waals surface area contributed by atoms with Gasteiger partial charge in [0.25, 0.3) is 0 Å². The lowest BCUT2D eigenvalue weighted by molar-refractivity contribution is -0.137. The summed E-state index contributed by atoms with van der Waals surface area (Å²) in [6, 6.07) is 4.87. The second-order valence-corrected chi connectivity index (χ2v) is 9.21. The Bertz CT molecular complexity index is 1060. The standard InChI is InChI=1S/C19H18ClF3N4OS2/c1-10(2)27-17(12-6-11(3)29-8-12)25-26-18(27)30-9-16(28)24-15-7-13(19(21,22)23)4-5-14(15)20/h4-8,10H,9H2,1-3H3,(H,24,28). The number of nitrogens with one attached hydrogen (secondary N) is 1. The lowest BCUT2D eigenvalue weighted by atomic mass is 10.2. The zero-order valence-electron chi connectivity index (χ0n) is 16.2. The maximum Gasteiger partial charge on any atom is 0.416 e. The Morgan fingerprint density at radius 2 is 2.03 bits per heavy atom. The van der Waals surface area contributed by atoms with Gasteiger partial charge in [0.2, 0.25) is 5.91 Å². The van der Waals surface area contributed by atoms with Gasteiger partial charge in [0.15, 0.2) is 11.0 Å². The molecule has 1 amide bonds. The van der Waals surface area contributed by atoms with Gasteiger partial charge in [-0.3, -0.25) is 9.36 Å². The van der Waals surface area contributed by atoms with E-state index >= 15 is 0 Å². The van der Waals surface area contributed by atoms with Crippen LogP contribution in [-0.2, 0) is 11.0 Å². The number of hydrogen-bond acceptors (Lipinski definition) is 5. The quantitative estimate of drug-likeness (QED) is 0.426. The molecule has 1 N–H and O–H groups in total. The van der Waals surface area contributed by atoms with Gasteiger partial charge in [-0.05, 0) is 45.0 Å². The van der Waals surface area contributed by atoms with Crippen LogP contribution in [0.25, 0.3) is 11.4 Å². The van der Waals surface area contributed by atoms with Crippen molar-refractivity contribution in [1.29, 1.82) is 0 Å². The number of benzene rings is 1. The van der Waals surface area contributed by atoms with Crippen LogP contribution < -0.4 is 5.32 Å². The Morgan fingerprint density at radius 3 is 2.63 bits per heavy atom. The third-order valence-electron chi connectivity index (χ3n) is 4.07. The van der Waals surface area contributed by atoms with E-state index in [0.717, 1.165) is 40.4 Å². The zero-order chi connectivity index (χ0) is 22.1. The molecule has 0 spiro atoms. The number of carbonyl (C=O) groups excluding carboxylic acids is 1. The van der Waals surface area contributed by atoms with Crippen LogP contribution in [-0.4, -0.2) is 26.4 Å². The normalized spacial score (nSPS) is 11.9. The number of halogens is 4. The van der Waals surface area contributed by atoms with Crippen LogP contribution in [0.15, 0.2) is 34.8 Å². The maximum atomic E-state index is 12.9. The highest BCUT2D eigenvalue weighted by Crippen LogP contribution is 2.34. The van der Waals surface area contributed by atoms with E-state index in [9.17, 15) is 18.0 Å². The number of thiophene rings is 1. The summed E-state index contributed by atoms with van der Waals surface area (Å²) in [5, 5.41) is 13.5. The molecule has 160 valence electrons. The molecule has 0 bridgehead atoms. The van der Waals surface area contributed by atoms with Crippen LogP contribution in [0.1, 0.15) is 30.3 Å². The molecule has 11 heteroatoms. The van der Waals surface area contributed by atoms with Gasteiger partial charge in [-0.25, -0.2) is 0 Å². The topological polar surface area (TPSA) is 59.8 Å². The van der Waals surface area contributed by atoms with Crippen LogP contribution >= 0.6 is 34.7 Å². The summed E-state index contributed by atoms with van der Waals surface area (Å²) in [7, 11) is 0. The average Bonchev–Trinajstić information content (AvgIpc) is 3.26. The van der Waals surface area contributed by atoms with Gasteiger partial charge in [0.05, 0.1) is 22.0 Å². The number of aromatic nitrogens is 3. The van der Waals surface area contributed by atoms with Crippen molar-refractivity contribution in [3.05, 3.63) is 45.1 Å². The molecule has 0 saturated heterocycles. The fourth-order valence-electron chi connectivity index (χ4n) is 2.71. The van der Waals surface area contributed by atoms with E-state index in [4.69, 9.17) is 11.6 Å². The molecule has 0 saturated carbocycles. The molecule has 3 rings (SSSR count). The summed E-state index contributed by atoms with van der Waals surface area (Å²) in [6.07, 6.45) is -4.52. The zero-order valence-corrected chi connectivity index (χ0v) is 18.6. The Morgan fingerprint density at radius 1 is 1.30 bits per heavy atom. The van der Waals surface area contributed by atoms with Crippen LogP contribution in [0, 0.1) is 6.92 Å². The Kier molecular flexibility index (Phi) is 6.78. The first-order valence-electron chi connectivity index (χ1n) is 8.86. The Hall–Kier alpha value is -2.04. The molecule has 3 aromatic rings. The van der Waals surface area contributed by atoms with E-state index in [1.165, 1.54) is 0 Å². The number of hydrogen-bond donors (Lipinski definition) is 1. The molecule has 0 atom stereocenters. The van der Waals surface area contributed by atoms with Crippen LogP contribution in [0.5, 0.6) is 0 Å².